The number of halogens is 1. The number of benzene rings is 1. The highest BCUT2D eigenvalue weighted by Crippen LogP contribution is 2.35. The van der Waals surface area contributed by atoms with E-state index in [0.29, 0.717) is 30.3 Å². The second kappa shape index (κ2) is 8.87. The number of piperidine rings is 1. The van der Waals surface area contributed by atoms with Crippen molar-refractivity contribution in [1.82, 2.24) is 15.1 Å². The van der Waals surface area contributed by atoms with Crippen molar-refractivity contribution >= 4 is 23.4 Å². The van der Waals surface area contributed by atoms with Crippen molar-refractivity contribution in [3.63, 3.8) is 0 Å². The summed E-state index contributed by atoms with van der Waals surface area (Å²) in [6, 6.07) is 4.13. The molecule has 0 saturated carbocycles. The van der Waals surface area contributed by atoms with Crippen molar-refractivity contribution in [2.24, 2.45) is 0 Å². The van der Waals surface area contributed by atoms with Gasteiger partial charge in [0.25, 0.3) is 5.91 Å². The molecule has 3 aliphatic heterocycles. The Morgan fingerprint density at radius 3 is 2.56 bits per heavy atom. The van der Waals surface area contributed by atoms with E-state index in [2.05, 4.69) is 35.0 Å². The average molecular weight is 469 g/mol. The lowest BCUT2D eigenvalue weighted by Crippen LogP contribution is -2.52. The summed E-state index contributed by atoms with van der Waals surface area (Å²) in [5.74, 6) is -0.258. The zero-order chi connectivity index (χ0) is 24.0. The fraction of sp³-hybridized carbons (Fsp3) is 0.480. The first-order valence-corrected chi connectivity index (χ1v) is 11.8. The Morgan fingerprint density at radius 1 is 1.12 bits per heavy atom. The quantitative estimate of drug-likeness (QED) is 0.679. The first-order valence-electron chi connectivity index (χ1n) is 11.8. The third-order valence-electron chi connectivity index (χ3n) is 7.03. The van der Waals surface area contributed by atoms with Gasteiger partial charge in [-0.3, -0.25) is 24.6 Å². The van der Waals surface area contributed by atoms with Crippen LogP contribution in [0.25, 0.3) is 0 Å². The highest BCUT2D eigenvalue weighted by atomic mass is 19.1. The molecular formula is C25H29FN4O4. The number of carbonyl (C=O) groups excluding carboxylic acids is 3. The van der Waals surface area contributed by atoms with Crippen molar-refractivity contribution in [3.8, 4) is 0 Å². The lowest BCUT2D eigenvalue weighted by atomic mass is 10.0. The molecule has 3 aliphatic rings. The summed E-state index contributed by atoms with van der Waals surface area (Å²) in [4.78, 5) is 42.8. The molecule has 1 unspecified atom stereocenters. The van der Waals surface area contributed by atoms with Crippen molar-refractivity contribution < 1.29 is 23.2 Å². The molecule has 8 nitrogen and oxygen atoms in total. The molecule has 2 saturated heterocycles. The van der Waals surface area contributed by atoms with Crippen molar-refractivity contribution in [2.75, 3.05) is 31.1 Å². The van der Waals surface area contributed by atoms with Gasteiger partial charge in [-0.15, -0.1) is 0 Å². The molecule has 1 aromatic carbocycles. The van der Waals surface area contributed by atoms with E-state index in [1.165, 1.54) is 22.6 Å². The molecule has 1 N–H and O–H groups in total. The maximum absolute atomic E-state index is 14.5. The number of imide groups is 1. The van der Waals surface area contributed by atoms with E-state index in [9.17, 15) is 18.8 Å². The van der Waals surface area contributed by atoms with Gasteiger partial charge in [-0.1, -0.05) is 13.8 Å². The van der Waals surface area contributed by atoms with Crippen LogP contribution >= 0.6 is 0 Å². The minimum atomic E-state index is -0.714. The van der Waals surface area contributed by atoms with Gasteiger partial charge in [0.15, 0.2) is 0 Å². The molecule has 0 aliphatic carbocycles. The van der Waals surface area contributed by atoms with Crippen molar-refractivity contribution in [1.29, 1.82) is 0 Å². The summed E-state index contributed by atoms with van der Waals surface area (Å²) in [6.07, 6.45) is 2.29. The summed E-state index contributed by atoms with van der Waals surface area (Å²) in [6.45, 7) is 8.19. The molecular weight excluding hydrogens is 439 g/mol. The van der Waals surface area contributed by atoms with Gasteiger partial charge in [0.2, 0.25) is 11.8 Å². The first-order chi connectivity index (χ1) is 16.3. The van der Waals surface area contributed by atoms with E-state index in [-0.39, 0.29) is 31.2 Å². The van der Waals surface area contributed by atoms with Crippen LogP contribution in [-0.4, -0.2) is 59.7 Å². The molecule has 2 aromatic rings. The van der Waals surface area contributed by atoms with Gasteiger partial charge in [0, 0.05) is 56.0 Å². The van der Waals surface area contributed by atoms with Gasteiger partial charge in [0.05, 0.1) is 12.8 Å². The number of furan rings is 1. The Hall–Kier alpha value is -3.20. The van der Waals surface area contributed by atoms with Crippen molar-refractivity contribution in [2.45, 2.75) is 51.7 Å². The number of anilines is 1. The molecule has 1 atom stereocenters. The minimum Gasteiger partial charge on any atom is -0.468 e. The topological polar surface area (TPSA) is 86.1 Å². The zero-order valence-electron chi connectivity index (χ0n) is 19.5. The second-order valence-corrected chi connectivity index (χ2v) is 9.62. The fourth-order valence-electron chi connectivity index (χ4n) is 5.04. The van der Waals surface area contributed by atoms with E-state index in [4.69, 9.17) is 4.42 Å². The standard InChI is InChI=1S/C25H29FN4O4/c1-15(2)16-9-18(34-14-16)12-28-5-7-29(8-6-28)22-11-17(26)10-19-20(22)13-30(25(19)33)21-3-4-23(31)27-24(21)32/h9-11,14-15,21H,3-8,12-13H2,1-2H3,(H,27,31,32). The van der Waals surface area contributed by atoms with Gasteiger partial charge in [-0.25, -0.2) is 4.39 Å². The maximum atomic E-state index is 14.5. The molecule has 34 heavy (non-hydrogen) atoms. The third kappa shape index (κ3) is 4.20. The fourth-order valence-corrected chi connectivity index (χ4v) is 5.04. The van der Waals surface area contributed by atoms with Gasteiger partial charge in [-0.2, -0.15) is 0 Å². The van der Waals surface area contributed by atoms with Crippen LogP contribution in [-0.2, 0) is 22.7 Å². The third-order valence-corrected chi connectivity index (χ3v) is 7.03. The maximum Gasteiger partial charge on any atom is 0.255 e. The number of hydrogen-bond acceptors (Lipinski definition) is 6. The molecule has 3 amide bonds. The van der Waals surface area contributed by atoms with E-state index >= 15 is 0 Å². The van der Waals surface area contributed by atoms with E-state index in [1.54, 1.807) is 0 Å². The van der Waals surface area contributed by atoms with E-state index in [0.717, 1.165) is 31.0 Å². The summed E-state index contributed by atoms with van der Waals surface area (Å²) in [5, 5.41) is 2.31. The number of rotatable bonds is 5. The van der Waals surface area contributed by atoms with E-state index < -0.39 is 17.8 Å². The van der Waals surface area contributed by atoms with Gasteiger partial charge < -0.3 is 14.2 Å². The number of nitrogens with one attached hydrogen (secondary N) is 1. The molecule has 0 radical (unpaired) electrons. The minimum absolute atomic E-state index is 0.189. The Kier molecular flexibility index (Phi) is 5.89. The molecule has 5 rings (SSSR count). The van der Waals surface area contributed by atoms with E-state index in [1.807, 2.05) is 6.26 Å². The Bertz CT molecular complexity index is 1140. The van der Waals surface area contributed by atoms with Gasteiger partial charge >= 0.3 is 0 Å². The smallest absolute Gasteiger partial charge is 0.255 e. The van der Waals surface area contributed by atoms with Crippen LogP contribution in [0.2, 0.25) is 0 Å². The molecule has 9 heteroatoms. The summed E-state index contributed by atoms with van der Waals surface area (Å²) >= 11 is 0. The predicted molar refractivity (Wildman–Crippen MR) is 123 cm³/mol. The number of amides is 3. The van der Waals surface area contributed by atoms with Gasteiger partial charge in [0.1, 0.15) is 17.6 Å². The largest absolute Gasteiger partial charge is 0.468 e. The van der Waals surface area contributed by atoms with Crippen LogP contribution in [0.3, 0.4) is 0 Å². The van der Waals surface area contributed by atoms with Crippen LogP contribution in [0.5, 0.6) is 0 Å². The average Bonchev–Trinajstić information content (AvgIpc) is 3.39. The Balaban J connectivity index is 1.29. The Morgan fingerprint density at radius 2 is 1.88 bits per heavy atom. The van der Waals surface area contributed by atoms with Crippen LogP contribution in [0, 0.1) is 5.82 Å². The Labute approximate surface area is 197 Å². The number of hydrogen-bond donors (Lipinski definition) is 1. The molecule has 1 aromatic heterocycles. The summed E-state index contributed by atoms with van der Waals surface area (Å²) in [5.41, 5.74) is 2.95. The normalized spacial score (nSPS) is 21.4. The second-order valence-electron chi connectivity index (χ2n) is 9.62. The molecule has 2 fully saturated rings. The summed E-state index contributed by atoms with van der Waals surface area (Å²) < 4.78 is 20.2. The van der Waals surface area contributed by atoms with Crippen LogP contribution in [0.1, 0.15) is 59.9 Å². The number of nitrogens with zero attached hydrogens (tertiary/aromatic N) is 3. The number of carbonyl (C=O) groups is 3. The molecule has 0 spiro atoms. The van der Waals surface area contributed by atoms with Crippen LogP contribution in [0.4, 0.5) is 10.1 Å². The van der Waals surface area contributed by atoms with Crippen molar-refractivity contribution in [3.05, 3.63) is 52.7 Å². The first kappa shape index (κ1) is 22.6. The number of piperazine rings is 1. The van der Waals surface area contributed by atoms with Gasteiger partial charge in [-0.05, 0) is 36.1 Å². The molecule has 4 heterocycles. The highest BCUT2D eigenvalue weighted by molar-refractivity contribution is 6.06. The SMILES string of the molecule is CC(C)c1coc(CN2CCN(c3cc(F)cc4c3CN(C3CCC(=O)NC3=O)C4=O)CC2)c1. The zero-order valence-corrected chi connectivity index (χ0v) is 19.5. The predicted octanol–water partition coefficient (Wildman–Crippen LogP) is 2.63. The lowest BCUT2D eigenvalue weighted by molar-refractivity contribution is -0.136. The number of fused-ring (bicyclic) bond motifs is 1. The van der Waals surface area contributed by atoms with Crippen LogP contribution < -0.4 is 10.2 Å². The molecule has 180 valence electrons. The lowest BCUT2D eigenvalue weighted by Gasteiger charge is -2.36. The summed E-state index contributed by atoms with van der Waals surface area (Å²) in [7, 11) is 0. The van der Waals surface area contributed by atoms with Crippen LogP contribution in [0.15, 0.2) is 28.9 Å². The monoisotopic (exact) mass is 468 g/mol. The molecule has 0 bridgehead atoms. The highest BCUT2D eigenvalue weighted by Gasteiger charge is 2.41.